The molecule has 0 atom stereocenters. The third-order valence-corrected chi connectivity index (χ3v) is 4.55. The number of fused-ring (bicyclic) bond motifs is 1. The highest BCUT2D eigenvalue weighted by Crippen LogP contribution is 2.38. The second-order valence-electron chi connectivity index (χ2n) is 5.31. The van der Waals surface area contributed by atoms with Crippen molar-refractivity contribution in [3.8, 4) is 11.5 Å². The molecule has 1 aromatic carbocycles. The van der Waals surface area contributed by atoms with Gasteiger partial charge in [0.25, 0.3) is 5.69 Å². The Morgan fingerprint density at radius 3 is 2.48 bits per heavy atom. The maximum Gasteiger partial charge on any atom is 0.345 e. The van der Waals surface area contributed by atoms with Crippen LogP contribution < -0.4 is 9.47 Å². The van der Waals surface area contributed by atoms with Gasteiger partial charge in [-0.05, 0) is 19.9 Å². The highest BCUT2D eigenvalue weighted by Gasteiger charge is 2.28. The van der Waals surface area contributed by atoms with E-state index < -0.39 is 23.2 Å². The Balaban J connectivity index is 1.78. The summed E-state index contributed by atoms with van der Waals surface area (Å²) in [6.45, 7) is 3.09. The van der Waals surface area contributed by atoms with Crippen LogP contribution in [0.15, 0.2) is 18.2 Å². The van der Waals surface area contributed by atoms with Gasteiger partial charge in [0.2, 0.25) is 12.6 Å². The molecule has 0 saturated heterocycles. The van der Waals surface area contributed by atoms with Crippen LogP contribution in [-0.2, 0) is 4.74 Å². The van der Waals surface area contributed by atoms with E-state index in [0.717, 1.165) is 15.8 Å². The van der Waals surface area contributed by atoms with Crippen molar-refractivity contribution in [2.45, 2.75) is 13.8 Å². The number of thiophene rings is 1. The molecule has 3 rings (SSSR count). The van der Waals surface area contributed by atoms with Gasteiger partial charge in [-0.1, -0.05) is 0 Å². The number of ether oxygens (including phenoxy) is 3. The average Bonchev–Trinajstić information content (AvgIpc) is 3.16. The lowest BCUT2D eigenvalue weighted by atomic mass is 10.1. The van der Waals surface area contributed by atoms with E-state index in [0.29, 0.717) is 5.56 Å². The molecule has 8 nitrogen and oxygen atoms in total. The summed E-state index contributed by atoms with van der Waals surface area (Å²) in [6.07, 6.45) is 0. The van der Waals surface area contributed by atoms with Gasteiger partial charge < -0.3 is 14.2 Å². The quantitative estimate of drug-likeness (QED) is 0.348. The number of benzene rings is 1. The van der Waals surface area contributed by atoms with Crippen molar-refractivity contribution in [2.24, 2.45) is 0 Å². The smallest absolute Gasteiger partial charge is 0.345 e. The van der Waals surface area contributed by atoms with Gasteiger partial charge in [0.1, 0.15) is 5.56 Å². The summed E-state index contributed by atoms with van der Waals surface area (Å²) in [6, 6.07) is 4.01. The monoisotopic (exact) mass is 363 g/mol. The first-order valence-electron chi connectivity index (χ1n) is 7.22. The van der Waals surface area contributed by atoms with E-state index in [1.165, 1.54) is 17.4 Å². The summed E-state index contributed by atoms with van der Waals surface area (Å²) < 4.78 is 15.2. The number of hydrogen-bond donors (Lipinski definition) is 0. The second kappa shape index (κ2) is 6.52. The molecular weight excluding hydrogens is 350 g/mol. The number of hydrogen-bond acceptors (Lipinski definition) is 8. The molecule has 0 bridgehead atoms. The van der Waals surface area contributed by atoms with Gasteiger partial charge in [-0.25, -0.2) is 4.79 Å². The molecule has 9 heteroatoms. The molecule has 0 saturated carbocycles. The van der Waals surface area contributed by atoms with Gasteiger partial charge in [0, 0.05) is 21.4 Å². The van der Waals surface area contributed by atoms with Crippen molar-refractivity contribution >= 4 is 28.8 Å². The number of carbonyl (C=O) groups excluding carboxylic acids is 2. The first-order chi connectivity index (χ1) is 11.9. The van der Waals surface area contributed by atoms with Gasteiger partial charge in [-0.2, -0.15) is 0 Å². The molecule has 1 aliphatic heterocycles. The Hall–Kier alpha value is -2.94. The zero-order valence-corrected chi connectivity index (χ0v) is 14.2. The summed E-state index contributed by atoms with van der Waals surface area (Å²) in [7, 11) is 0. The molecule has 0 fully saturated rings. The summed E-state index contributed by atoms with van der Waals surface area (Å²) in [4.78, 5) is 36.6. The number of nitrogens with zero attached hydrogens (tertiary/aromatic N) is 1. The van der Waals surface area contributed by atoms with Crippen molar-refractivity contribution in [1.29, 1.82) is 0 Å². The van der Waals surface area contributed by atoms with Crippen LogP contribution in [0.5, 0.6) is 11.5 Å². The first-order valence-corrected chi connectivity index (χ1v) is 8.04. The van der Waals surface area contributed by atoms with E-state index in [1.807, 2.05) is 6.92 Å². The maximum atomic E-state index is 12.2. The molecule has 0 radical (unpaired) electrons. The number of ketones is 1. The number of esters is 1. The van der Waals surface area contributed by atoms with Gasteiger partial charge in [-0.15, -0.1) is 11.3 Å². The van der Waals surface area contributed by atoms with Crippen LogP contribution in [0.1, 0.15) is 30.5 Å². The maximum absolute atomic E-state index is 12.2. The zero-order chi connectivity index (χ0) is 18.1. The van der Waals surface area contributed by atoms with Gasteiger partial charge in [0.05, 0.1) is 11.0 Å². The predicted molar refractivity (Wildman–Crippen MR) is 87.6 cm³/mol. The highest BCUT2D eigenvalue weighted by atomic mass is 32.1. The lowest BCUT2D eigenvalue weighted by Crippen LogP contribution is -2.15. The zero-order valence-electron chi connectivity index (χ0n) is 13.4. The van der Waals surface area contributed by atoms with Crippen LogP contribution in [0.4, 0.5) is 5.69 Å². The molecule has 0 unspecified atom stereocenters. The molecule has 0 spiro atoms. The number of nitro benzene ring substituents is 1. The minimum atomic E-state index is -0.969. The third kappa shape index (κ3) is 3.31. The Morgan fingerprint density at radius 1 is 1.20 bits per heavy atom. The third-order valence-electron chi connectivity index (χ3n) is 3.58. The number of aryl methyl sites for hydroxylation is 2. The fourth-order valence-corrected chi connectivity index (χ4v) is 3.38. The van der Waals surface area contributed by atoms with Crippen molar-refractivity contribution in [3.63, 3.8) is 0 Å². The topological polar surface area (TPSA) is 105 Å². The van der Waals surface area contributed by atoms with Crippen LogP contribution in [0.2, 0.25) is 0 Å². The molecule has 0 aliphatic carbocycles. The van der Waals surface area contributed by atoms with E-state index in [-0.39, 0.29) is 29.6 Å². The van der Waals surface area contributed by atoms with Crippen molar-refractivity contribution in [2.75, 3.05) is 13.4 Å². The minimum Gasteiger partial charge on any atom is -0.454 e. The largest absolute Gasteiger partial charge is 0.454 e. The SMILES string of the molecule is Cc1cc(C(=O)COC(=O)c2cc3c(cc2[N+](=O)[O-])OCO3)c(C)s1. The fourth-order valence-electron chi connectivity index (χ4n) is 2.44. The van der Waals surface area contributed by atoms with E-state index >= 15 is 0 Å². The lowest BCUT2D eigenvalue weighted by molar-refractivity contribution is -0.385. The standard InChI is InChI=1S/C16H13NO7S/c1-8-3-10(9(2)25-8)13(18)6-22-16(19)11-4-14-15(24-7-23-14)5-12(11)17(20)21/h3-5H,6-7H2,1-2H3. The van der Waals surface area contributed by atoms with Gasteiger partial charge in [0.15, 0.2) is 18.1 Å². The number of nitro groups is 1. The summed E-state index contributed by atoms with van der Waals surface area (Å²) >= 11 is 1.47. The van der Waals surface area contributed by atoms with Crippen molar-refractivity contribution in [1.82, 2.24) is 0 Å². The van der Waals surface area contributed by atoms with Gasteiger partial charge in [-0.3, -0.25) is 14.9 Å². The Kier molecular flexibility index (Phi) is 4.41. The van der Waals surface area contributed by atoms with Crippen molar-refractivity contribution in [3.05, 3.63) is 49.2 Å². The molecule has 1 aliphatic rings. The van der Waals surface area contributed by atoms with E-state index in [1.54, 1.807) is 13.0 Å². The number of rotatable bonds is 5. The molecule has 25 heavy (non-hydrogen) atoms. The van der Waals surface area contributed by atoms with E-state index in [9.17, 15) is 19.7 Å². The van der Waals surface area contributed by atoms with Crippen LogP contribution in [0.3, 0.4) is 0 Å². The van der Waals surface area contributed by atoms with Crippen LogP contribution >= 0.6 is 11.3 Å². The number of Topliss-reactive ketones (excluding diaryl/α,β-unsaturated/α-hetero) is 1. The fraction of sp³-hybridized carbons (Fsp3) is 0.250. The Bertz CT molecular complexity index is 887. The predicted octanol–water partition coefficient (Wildman–Crippen LogP) is 3.04. The Labute approximate surface area is 146 Å². The molecule has 0 amide bonds. The molecule has 2 heterocycles. The van der Waals surface area contributed by atoms with Crippen LogP contribution in [0.25, 0.3) is 0 Å². The summed E-state index contributed by atoms with van der Waals surface area (Å²) in [5.74, 6) is -0.932. The number of carbonyl (C=O) groups is 2. The Morgan fingerprint density at radius 2 is 1.88 bits per heavy atom. The summed E-state index contributed by atoms with van der Waals surface area (Å²) in [5, 5.41) is 11.2. The van der Waals surface area contributed by atoms with Crippen molar-refractivity contribution < 1.29 is 28.7 Å². The van der Waals surface area contributed by atoms with E-state index in [2.05, 4.69) is 0 Å². The van der Waals surface area contributed by atoms with E-state index in [4.69, 9.17) is 14.2 Å². The minimum absolute atomic E-state index is 0.0831. The normalized spacial score (nSPS) is 12.1. The second-order valence-corrected chi connectivity index (χ2v) is 6.77. The summed E-state index contributed by atoms with van der Waals surface area (Å²) in [5.41, 5.74) is -0.278. The van der Waals surface area contributed by atoms with Gasteiger partial charge >= 0.3 is 5.97 Å². The molecule has 130 valence electrons. The molecule has 0 N–H and O–H groups in total. The molecule has 1 aromatic heterocycles. The average molecular weight is 363 g/mol. The molecule has 2 aromatic rings. The lowest BCUT2D eigenvalue weighted by Gasteiger charge is -2.06. The van der Waals surface area contributed by atoms with Crippen LogP contribution in [-0.4, -0.2) is 30.1 Å². The highest BCUT2D eigenvalue weighted by molar-refractivity contribution is 7.12. The first kappa shape index (κ1) is 16.9. The van der Waals surface area contributed by atoms with Crippen LogP contribution in [0, 0.1) is 24.0 Å². The molecular formula is C16H13NO7S.